The first-order chi connectivity index (χ1) is 13.1. The van der Waals surface area contributed by atoms with Gasteiger partial charge in [0.2, 0.25) is 0 Å². The van der Waals surface area contributed by atoms with Crippen molar-refractivity contribution in [3.05, 3.63) is 28.1 Å². The number of unbranched alkanes of at least 4 members (excludes halogenated alkanes) is 2. The van der Waals surface area contributed by atoms with Crippen molar-refractivity contribution in [2.24, 2.45) is 0 Å². The molecule has 2 aromatic rings. The van der Waals surface area contributed by atoms with Gasteiger partial charge in [0.15, 0.2) is 11.4 Å². The number of nitrogens with zero attached hydrogens (tertiary/aromatic N) is 2. The maximum atomic E-state index is 11.8. The van der Waals surface area contributed by atoms with Gasteiger partial charge in [-0.25, -0.2) is 4.98 Å². The number of carbonyl (C=O) groups is 1. The molecule has 1 aromatic heterocycles. The van der Waals surface area contributed by atoms with Crippen molar-refractivity contribution in [1.29, 1.82) is 0 Å². The molecule has 0 aliphatic heterocycles. The van der Waals surface area contributed by atoms with E-state index in [-0.39, 0.29) is 6.61 Å². The molecule has 1 N–H and O–H groups in total. The van der Waals surface area contributed by atoms with E-state index in [4.69, 9.17) is 9.72 Å². The number of methoxy groups -OCH3 is 1. The summed E-state index contributed by atoms with van der Waals surface area (Å²) in [6.45, 7) is 8.03. The van der Waals surface area contributed by atoms with Crippen LogP contribution in [0.15, 0.2) is 12.1 Å². The number of aliphatic hydroxyl groups excluding tert-OH is 1. The Kier molecular flexibility index (Phi) is 8.25. The van der Waals surface area contributed by atoms with Gasteiger partial charge in [0, 0.05) is 18.7 Å². The highest BCUT2D eigenvalue weighted by atomic mass is 32.1. The van der Waals surface area contributed by atoms with Gasteiger partial charge in [-0.3, -0.25) is 4.79 Å². The van der Waals surface area contributed by atoms with Gasteiger partial charge in [-0.05, 0) is 37.0 Å². The third kappa shape index (κ3) is 5.08. The van der Waals surface area contributed by atoms with Crippen LogP contribution in [0.4, 0.5) is 5.13 Å². The van der Waals surface area contributed by atoms with E-state index in [1.165, 1.54) is 11.3 Å². The normalized spacial score (nSPS) is 10.9. The lowest BCUT2D eigenvalue weighted by Gasteiger charge is -2.21. The van der Waals surface area contributed by atoms with E-state index in [1.807, 2.05) is 19.1 Å². The fraction of sp³-hybridized carbons (Fsp3) is 0.524. The zero-order valence-corrected chi connectivity index (χ0v) is 17.6. The number of aldehydes is 1. The molecule has 0 saturated carbocycles. The summed E-state index contributed by atoms with van der Waals surface area (Å²) in [7, 11) is 1.60. The molecule has 0 bridgehead atoms. The molecule has 2 rings (SSSR count). The SMILES string of the molecule is CCCCN(CCCC)c1nc(-c2c(CO)cc(C)cc2OC)c(C=O)s1. The van der Waals surface area contributed by atoms with Crippen molar-refractivity contribution >= 4 is 22.8 Å². The number of rotatable bonds is 11. The molecule has 1 heterocycles. The minimum absolute atomic E-state index is 0.131. The van der Waals surface area contributed by atoms with Gasteiger partial charge in [-0.2, -0.15) is 0 Å². The Morgan fingerprint density at radius 3 is 2.41 bits per heavy atom. The van der Waals surface area contributed by atoms with Crippen LogP contribution in [-0.4, -0.2) is 36.6 Å². The van der Waals surface area contributed by atoms with Crippen LogP contribution in [-0.2, 0) is 6.61 Å². The Labute approximate surface area is 166 Å². The fourth-order valence-electron chi connectivity index (χ4n) is 3.10. The average molecular weight is 391 g/mol. The number of aliphatic hydroxyl groups is 1. The number of carbonyl (C=O) groups excluding carboxylic acids is 1. The molecule has 0 saturated heterocycles. The number of aromatic nitrogens is 1. The molecule has 5 nitrogen and oxygen atoms in total. The van der Waals surface area contributed by atoms with Gasteiger partial charge in [0.05, 0.1) is 24.3 Å². The molecule has 0 spiro atoms. The average Bonchev–Trinajstić information content (AvgIpc) is 3.10. The van der Waals surface area contributed by atoms with Crippen molar-refractivity contribution in [1.82, 2.24) is 4.98 Å². The summed E-state index contributed by atoms with van der Waals surface area (Å²) in [5.74, 6) is 0.632. The van der Waals surface area contributed by atoms with E-state index < -0.39 is 0 Å². The quantitative estimate of drug-likeness (QED) is 0.556. The Bertz CT molecular complexity index is 725. The van der Waals surface area contributed by atoms with E-state index in [9.17, 15) is 9.90 Å². The van der Waals surface area contributed by atoms with E-state index in [0.717, 1.165) is 61.3 Å². The highest BCUT2D eigenvalue weighted by molar-refractivity contribution is 7.17. The molecule has 0 radical (unpaired) electrons. The van der Waals surface area contributed by atoms with Gasteiger partial charge in [-0.15, -0.1) is 0 Å². The maximum Gasteiger partial charge on any atom is 0.186 e. The van der Waals surface area contributed by atoms with Crippen LogP contribution in [0, 0.1) is 6.92 Å². The number of benzene rings is 1. The monoisotopic (exact) mass is 390 g/mol. The molecule has 6 heteroatoms. The predicted octanol–water partition coefficient (Wildman–Crippen LogP) is 4.84. The van der Waals surface area contributed by atoms with Crippen LogP contribution in [0.3, 0.4) is 0 Å². The third-order valence-electron chi connectivity index (χ3n) is 4.54. The van der Waals surface area contributed by atoms with E-state index in [1.54, 1.807) is 7.11 Å². The molecule has 0 amide bonds. The summed E-state index contributed by atoms with van der Waals surface area (Å²) < 4.78 is 5.55. The van der Waals surface area contributed by atoms with Gasteiger partial charge in [0.25, 0.3) is 0 Å². The zero-order valence-electron chi connectivity index (χ0n) is 16.7. The second-order valence-electron chi connectivity index (χ2n) is 6.68. The van der Waals surface area contributed by atoms with Crippen LogP contribution in [0.1, 0.15) is 60.3 Å². The molecule has 0 unspecified atom stereocenters. The van der Waals surface area contributed by atoms with E-state index in [0.29, 0.717) is 21.9 Å². The molecule has 148 valence electrons. The lowest BCUT2D eigenvalue weighted by Crippen LogP contribution is -2.25. The lowest BCUT2D eigenvalue weighted by atomic mass is 10.00. The number of ether oxygens (including phenoxy) is 1. The number of thiazole rings is 1. The summed E-state index contributed by atoms with van der Waals surface area (Å²) in [5.41, 5.74) is 3.03. The summed E-state index contributed by atoms with van der Waals surface area (Å²) in [6, 6.07) is 3.82. The fourth-order valence-corrected chi connectivity index (χ4v) is 4.03. The minimum atomic E-state index is -0.131. The van der Waals surface area contributed by atoms with Crippen molar-refractivity contribution in [2.45, 2.75) is 53.1 Å². The maximum absolute atomic E-state index is 11.8. The highest BCUT2D eigenvalue weighted by Gasteiger charge is 2.22. The zero-order chi connectivity index (χ0) is 19.8. The van der Waals surface area contributed by atoms with Crippen LogP contribution in [0.2, 0.25) is 0 Å². The molecule has 0 fully saturated rings. The Balaban J connectivity index is 2.54. The summed E-state index contributed by atoms with van der Waals surface area (Å²) >= 11 is 1.42. The molecule has 0 aliphatic carbocycles. The first kappa shape index (κ1) is 21.4. The summed E-state index contributed by atoms with van der Waals surface area (Å²) in [6.07, 6.45) is 5.26. The van der Waals surface area contributed by atoms with E-state index in [2.05, 4.69) is 18.7 Å². The minimum Gasteiger partial charge on any atom is -0.496 e. The third-order valence-corrected chi connectivity index (χ3v) is 5.58. The lowest BCUT2D eigenvalue weighted by molar-refractivity contribution is 0.112. The van der Waals surface area contributed by atoms with Crippen LogP contribution in [0.25, 0.3) is 11.3 Å². The van der Waals surface area contributed by atoms with Crippen molar-refractivity contribution in [3.63, 3.8) is 0 Å². The van der Waals surface area contributed by atoms with Gasteiger partial charge < -0.3 is 14.7 Å². The van der Waals surface area contributed by atoms with Gasteiger partial charge >= 0.3 is 0 Å². The second-order valence-corrected chi connectivity index (χ2v) is 7.69. The number of hydrogen-bond acceptors (Lipinski definition) is 6. The molecular formula is C21H30N2O3S. The van der Waals surface area contributed by atoms with Crippen molar-refractivity contribution < 1.29 is 14.6 Å². The van der Waals surface area contributed by atoms with Crippen molar-refractivity contribution in [3.8, 4) is 17.0 Å². The van der Waals surface area contributed by atoms with Crippen LogP contribution >= 0.6 is 11.3 Å². The van der Waals surface area contributed by atoms with Crippen LogP contribution < -0.4 is 9.64 Å². The van der Waals surface area contributed by atoms with Crippen molar-refractivity contribution in [2.75, 3.05) is 25.1 Å². The Morgan fingerprint density at radius 1 is 1.22 bits per heavy atom. The number of anilines is 1. The highest BCUT2D eigenvalue weighted by Crippen LogP contribution is 2.40. The van der Waals surface area contributed by atoms with E-state index >= 15 is 0 Å². The molecule has 1 aromatic carbocycles. The first-order valence-corrected chi connectivity index (χ1v) is 10.4. The molecular weight excluding hydrogens is 360 g/mol. The summed E-state index contributed by atoms with van der Waals surface area (Å²) in [4.78, 5) is 19.4. The Hall–Kier alpha value is -1.92. The molecule has 0 atom stereocenters. The Morgan fingerprint density at radius 2 is 1.89 bits per heavy atom. The topological polar surface area (TPSA) is 62.7 Å². The standard InChI is InChI=1S/C21H30N2O3S/c1-5-7-9-23(10-8-6-2)21-22-20(18(14-25)27-21)19-16(13-24)11-15(3)12-17(19)26-4/h11-12,14,24H,5-10,13H2,1-4H3. The van der Waals surface area contributed by atoms with Gasteiger partial charge in [-0.1, -0.05) is 44.1 Å². The summed E-state index contributed by atoms with van der Waals surface area (Å²) in [5, 5.41) is 10.7. The number of hydrogen-bond donors (Lipinski definition) is 1. The van der Waals surface area contributed by atoms with Gasteiger partial charge in [0.1, 0.15) is 5.75 Å². The number of aryl methyl sites for hydroxylation is 1. The first-order valence-electron chi connectivity index (χ1n) is 9.59. The second kappa shape index (κ2) is 10.4. The molecule has 27 heavy (non-hydrogen) atoms. The molecule has 0 aliphatic rings. The smallest absolute Gasteiger partial charge is 0.186 e. The van der Waals surface area contributed by atoms with Crippen LogP contribution in [0.5, 0.6) is 5.75 Å². The largest absolute Gasteiger partial charge is 0.496 e. The predicted molar refractivity (Wildman–Crippen MR) is 112 cm³/mol.